The highest BCUT2D eigenvalue weighted by molar-refractivity contribution is 7.89. The van der Waals surface area contributed by atoms with Gasteiger partial charge in [-0.25, -0.2) is 8.42 Å². The third-order valence-corrected chi connectivity index (χ3v) is 7.71. The Labute approximate surface area is 165 Å². The zero-order chi connectivity index (χ0) is 19.5. The largest absolute Gasteiger partial charge is 0.328 e. The Bertz CT molecular complexity index is 719. The van der Waals surface area contributed by atoms with Gasteiger partial charge in [-0.2, -0.15) is 4.31 Å². The third kappa shape index (κ3) is 5.53. The second-order valence-corrected chi connectivity index (χ2v) is 11.0. The van der Waals surface area contributed by atoms with E-state index >= 15 is 0 Å². The van der Waals surface area contributed by atoms with Crippen LogP contribution in [0.15, 0.2) is 29.2 Å². The summed E-state index contributed by atoms with van der Waals surface area (Å²) in [6, 6.07) is 7.67. The van der Waals surface area contributed by atoms with Crippen molar-refractivity contribution in [1.82, 2.24) is 9.21 Å². The molecule has 2 fully saturated rings. The molecule has 27 heavy (non-hydrogen) atoms. The van der Waals surface area contributed by atoms with Gasteiger partial charge < -0.3 is 10.6 Å². The summed E-state index contributed by atoms with van der Waals surface area (Å²) in [5.41, 5.74) is 7.15. The monoisotopic (exact) mass is 393 g/mol. The second kappa shape index (κ2) is 8.60. The van der Waals surface area contributed by atoms with Crippen LogP contribution in [0, 0.1) is 5.41 Å². The summed E-state index contributed by atoms with van der Waals surface area (Å²) in [6.45, 7) is 9.06. The van der Waals surface area contributed by atoms with Crippen LogP contribution in [-0.2, 0) is 16.4 Å². The van der Waals surface area contributed by atoms with Crippen LogP contribution < -0.4 is 5.73 Å². The van der Waals surface area contributed by atoms with Crippen LogP contribution in [-0.4, -0.2) is 56.4 Å². The van der Waals surface area contributed by atoms with Gasteiger partial charge in [-0.3, -0.25) is 0 Å². The highest BCUT2D eigenvalue weighted by Gasteiger charge is 2.29. The number of sulfonamides is 1. The molecule has 0 radical (unpaired) electrons. The summed E-state index contributed by atoms with van der Waals surface area (Å²) >= 11 is 0. The van der Waals surface area contributed by atoms with Crippen LogP contribution in [0.3, 0.4) is 0 Å². The predicted octanol–water partition coefficient (Wildman–Crippen LogP) is 2.85. The fourth-order valence-corrected chi connectivity index (χ4v) is 5.95. The topological polar surface area (TPSA) is 66.6 Å². The van der Waals surface area contributed by atoms with Crippen molar-refractivity contribution in [2.75, 3.05) is 32.7 Å². The molecule has 1 aromatic carbocycles. The maximum absolute atomic E-state index is 13.0. The smallest absolute Gasteiger partial charge is 0.243 e. The quantitative estimate of drug-likeness (QED) is 0.807. The molecule has 0 atom stereocenters. The van der Waals surface area contributed by atoms with Gasteiger partial charge in [-0.15, -0.1) is 0 Å². The number of hydrogen-bond acceptors (Lipinski definition) is 4. The Morgan fingerprint density at radius 1 is 1.07 bits per heavy atom. The van der Waals surface area contributed by atoms with Crippen molar-refractivity contribution in [2.45, 2.75) is 63.3 Å². The lowest BCUT2D eigenvalue weighted by molar-refractivity contribution is 0.152. The average molecular weight is 394 g/mol. The highest BCUT2D eigenvalue weighted by Crippen LogP contribution is 2.27. The minimum Gasteiger partial charge on any atom is -0.328 e. The molecule has 0 aromatic heterocycles. The van der Waals surface area contributed by atoms with E-state index in [-0.39, 0.29) is 11.5 Å². The first-order valence-corrected chi connectivity index (χ1v) is 11.8. The molecule has 0 spiro atoms. The van der Waals surface area contributed by atoms with Crippen molar-refractivity contribution in [3.63, 3.8) is 0 Å². The van der Waals surface area contributed by atoms with Gasteiger partial charge in [0.05, 0.1) is 4.90 Å². The average Bonchev–Trinajstić information content (AvgIpc) is 2.62. The molecule has 5 nitrogen and oxygen atoms in total. The minimum atomic E-state index is -3.42. The summed E-state index contributed by atoms with van der Waals surface area (Å²) in [7, 11) is -3.42. The van der Waals surface area contributed by atoms with E-state index in [0.29, 0.717) is 18.0 Å². The molecular formula is C21H35N3O2S. The number of benzene rings is 1. The Balaban J connectivity index is 1.69. The Morgan fingerprint density at radius 3 is 2.41 bits per heavy atom. The van der Waals surface area contributed by atoms with Crippen molar-refractivity contribution in [3.05, 3.63) is 29.8 Å². The molecule has 0 amide bonds. The van der Waals surface area contributed by atoms with E-state index in [9.17, 15) is 8.42 Å². The molecule has 1 aromatic rings. The Kier molecular flexibility index (Phi) is 6.62. The predicted molar refractivity (Wildman–Crippen MR) is 110 cm³/mol. The van der Waals surface area contributed by atoms with Gasteiger partial charge >= 0.3 is 0 Å². The molecule has 3 rings (SSSR count). The van der Waals surface area contributed by atoms with Crippen LogP contribution in [0.5, 0.6) is 0 Å². The van der Waals surface area contributed by atoms with Gasteiger partial charge in [-0.1, -0.05) is 32.4 Å². The zero-order valence-electron chi connectivity index (χ0n) is 16.9. The molecule has 0 aliphatic carbocycles. The first kappa shape index (κ1) is 20.8. The summed E-state index contributed by atoms with van der Waals surface area (Å²) in [6.07, 6.45) is 6.30. The van der Waals surface area contributed by atoms with E-state index in [1.165, 1.54) is 32.4 Å². The van der Waals surface area contributed by atoms with Gasteiger partial charge in [-0.05, 0) is 68.3 Å². The number of nitrogens with zero attached hydrogens (tertiary/aromatic N) is 2. The standard InChI is InChI=1S/C21H35N3O2S/c1-21(2,17-23-11-4-3-5-12-23)16-18-7-6-8-20(15-18)27(25,26)24-13-9-19(22)10-14-24/h6-8,15,19H,3-5,9-14,16-17,22H2,1-2H3. The number of hydrogen-bond donors (Lipinski definition) is 1. The molecule has 152 valence electrons. The SMILES string of the molecule is CC(C)(Cc1cccc(S(=O)(=O)N2CCC(N)CC2)c1)CN1CCCCC1. The van der Waals surface area contributed by atoms with Crippen molar-refractivity contribution in [3.8, 4) is 0 Å². The van der Waals surface area contributed by atoms with Crippen molar-refractivity contribution in [1.29, 1.82) is 0 Å². The van der Waals surface area contributed by atoms with Crippen molar-refractivity contribution in [2.24, 2.45) is 11.1 Å². The van der Waals surface area contributed by atoms with E-state index < -0.39 is 10.0 Å². The maximum atomic E-state index is 13.0. The summed E-state index contributed by atoms with van der Waals surface area (Å²) < 4.78 is 27.6. The van der Waals surface area contributed by atoms with E-state index in [0.717, 1.165) is 31.4 Å². The summed E-state index contributed by atoms with van der Waals surface area (Å²) in [5, 5.41) is 0. The number of piperidine rings is 2. The first-order valence-electron chi connectivity index (χ1n) is 10.3. The van der Waals surface area contributed by atoms with Crippen LogP contribution in [0.1, 0.15) is 51.5 Å². The number of likely N-dealkylation sites (tertiary alicyclic amines) is 1. The fourth-order valence-electron chi connectivity index (χ4n) is 4.41. The molecule has 0 unspecified atom stereocenters. The summed E-state index contributed by atoms with van der Waals surface area (Å²) in [5.74, 6) is 0. The molecule has 0 saturated carbocycles. The van der Waals surface area contributed by atoms with E-state index in [1.54, 1.807) is 10.4 Å². The molecule has 2 N–H and O–H groups in total. The van der Waals surface area contributed by atoms with Gasteiger partial charge in [0.15, 0.2) is 0 Å². The molecular weight excluding hydrogens is 358 g/mol. The molecule has 2 heterocycles. The fraction of sp³-hybridized carbons (Fsp3) is 0.714. The third-order valence-electron chi connectivity index (χ3n) is 5.82. The lowest BCUT2D eigenvalue weighted by Crippen LogP contribution is -2.42. The van der Waals surface area contributed by atoms with E-state index in [1.807, 2.05) is 12.1 Å². The van der Waals surface area contributed by atoms with Gasteiger partial charge in [0.1, 0.15) is 0 Å². The van der Waals surface area contributed by atoms with Crippen molar-refractivity contribution >= 4 is 10.0 Å². The first-order chi connectivity index (χ1) is 12.8. The van der Waals surface area contributed by atoms with Gasteiger partial charge in [0.2, 0.25) is 10.0 Å². The van der Waals surface area contributed by atoms with Crippen LogP contribution >= 0.6 is 0 Å². The Morgan fingerprint density at radius 2 is 1.74 bits per heavy atom. The number of nitrogens with two attached hydrogens (primary N) is 1. The minimum absolute atomic E-state index is 0.123. The van der Waals surface area contributed by atoms with Crippen LogP contribution in [0.25, 0.3) is 0 Å². The number of rotatable bonds is 6. The lowest BCUT2D eigenvalue weighted by Gasteiger charge is -2.35. The second-order valence-electron chi connectivity index (χ2n) is 9.07. The van der Waals surface area contributed by atoms with Gasteiger partial charge in [0, 0.05) is 25.7 Å². The normalized spacial score (nSPS) is 21.4. The Hall–Kier alpha value is -0.950. The highest BCUT2D eigenvalue weighted by atomic mass is 32.2. The molecule has 0 bridgehead atoms. The molecule has 2 aliphatic rings. The molecule has 2 aliphatic heterocycles. The summed E-state index contributed by atoms with van der Waals surface area (Å²) in [4.78, 5) is 2.98. The van der Waals surface area contributed by atoms with Gasteiger partial charge in [0.25, 0.3) is 0 Å². The van der Waals surface area contributed by atoms with E-state index in [2.05, 4.69) is 24.8 Å². The maximum Gasteiger partial charge on any atom is 0.243 e. The van der Waals surface area contributed by atoms with Crippen LogP contribution in [0.2, 0.25) is 0 Å². The lowest BCUT2D eigenvalue weighted by atomic mass is 9.84. The zero-order valence-corrected chi connectivity index (χ0v) is 17.7. The molecule has 6 heteroatoms. The van der Waals surface area contributed by atoms with E-state index in [4.69, 9.17) is 5.73 Å². The van der Waals surface area contributed by atoms with Crippen molar-refractivity contribution < 1.29 is 8.42 Å². The molecule has 2 saturated heterocycles. The van der Waals surface area contributed by atoms with Crippen LogP contribution in [0.4, 0.5) is 0 Å².